The Morgan fingerprint density at radius 3 is 2.39 bits per heavy atom. The second-order valence-corrected chi connectivity index (χ2v) is 7.00. The molecule has 1 unspecified atom stereocenters. The Morgan fingerprint density at radius 2 is 1.83 bits per heavy atom. The van der Waals surface area contributed by atoms with Gasteiger partial charge in [0.05, 0.1) is 6.61 Å². The molecular weight excluding hydrogens is 280 g/mol. The number of allylic oxidation sites excluding steroid dienone is 2. The first-order chi connectivity index (χ1) is 11.3. The molecule has 0 saturated carbocycles. The summed E-state index contributed by atoms with van der Waals surface area (Å²) < 4.78 is 5.67. The molecule has 1 heteroatoms. The standard InChI is InChI=1S/C22H34O/c1-4-17-23-22-15-13-21(14-16-22)20-11-9-19(10-12-20)8-7-18(5-2)6-3/h11,13-16,18-19H,4-10,12,17H2,1-3H3. The van der Waals surface area contributed by atoms with Crippen LogP contribution in [0.2, 0.25) is 0 Å². The Labute approximate surface area is 143 Å². The number of hydrogen-bond donors (Lipinski definition) is 0. The van der Waals surface area contributed by atoms with Crippen LogP contribution in [0.15, 0.2) is 30.3 Å². The Bertz CT molecular complexity index is 467. The minimum atomic E-state index is 0.806. The highest BCUT2D eigenvalue weighted by atomic mass is 16.5. The van der Waals surface area contributed by atoms with Gasteiger partial charge in [-0.3, -0.25) is 0 Å². The molecule has 1 aromatic carbocycles. The van der Waals surface area contributed by atoms with E-state index in [1.54, 1.807) is 0 Å². The second kappa shape index (κ2) is 9.80. The molecule has 0 saturated heterocycles. The first kappa shape index (κ1) is 18.1. The monoisotopic (exact) mass is 314 g/mol. The first-order valence-electron chi connectivity index (χ1n) is 9.69. The minimum Gasteiger partial charge on any atom is -0.494 e. The van der Waals surface area contributed by atoms with Crippen LogP contribution in [0, 0.1) is 11.8 Å². The van der Waals surface area contributed by atoms with Gasteiger partial charge in [0.15, 0.2) is 0 Å². The fraction of sp³-hybridized carbons (Fsp3) is 0.636. The average molecular weight is 315 g/mol. The van der Waals surface area contributed by atoms with Crippen molar-refractivity contribution in [2.45, 2.75) is 72.1 Å². The van der Waals surface area contributed by atoms with E-state index >= 15 is 0 Å². The lowest BCUT2D eigenvalue weighted by molar-refractivity contribution is 0.317. The van der Waals surface area contributed by atoms with Gasteiger partial charge in [-0.1, -0.05) is 58.2 Å². The molecule has 128 valence electrons. The lowest BCUT2D eigenvalue weighted by Crippen LogP contribution is -2.08. The molecule has 0 spiro atoms. The molecule has 0 heterocycles. The molecule has 0 amide bonds. The predicted octanol–water partition coefficient (Wildman–Crippen LogP) is 6.88. The smallest absolute Gasteiger partial charge is 0.119 e. The van der Waals surface area contributed by atoms with Crippen LogP contribution in [0.25, 0.3) is 5.57 Å². The molecule has 2 rings (SSSR count). The van der Waals surface area contributed by atoms with Crippen LogP contribution in [0.1, 0.15) is 77.7 Å². The van der Waals surface area contributed by atoms with E-state index in [1.165, 1.54) is 56.1 Å². The Kier molecular flexibility index (Phi) is 7.71. The second-order valence-electron chi connectivity index (χ2n) is 7.00. The number of rotatable bonds is 9. The average Bonchev–Trinajstić information content (AvgIpc) is 2.62. The lowest BCUT2D eigenvalue weighted by atomic mass is 9.82. The maximum atomic E-state index is 5.67. The maximum Gasteiger partial charge on any atom is 0.119 e. The molecule has 0 aromatic heterocycles. The quantitative estimate of drug-likeness (QED) is 0.483. The SMILES string of the molecule is CCCOc1ccc(C2=CCC(CCC(CC)CC)CC2)cc1. The molecule has 1 nitrogen and oxygen atoms in total. The third-order valence-corrected chi connectivity index (χ3v) is 5.36. The van der Waals surface area contributed by atoms with Gasteiger partial charge < -0.3 is 4.74 Å². The Balaban J connectivity index is 1.83. The Hall–Kier alpha value is -1.24. The number of hydrogen-bond acceptors (Lipinski definition) is 1. The van der Waals surface area contributed by atoms with E-state index in [0.717, 1.165) is 30.6 Å². The van der Waals surface area contributed by atoms with Crippen molar-refractivity contribution in [3.05, 3.63) is 35.9 Å². The molecule has 1 aromatic rings. The zero-order chi connectivity index (χ0) is 16.5. The van der Waals surface area contributed by atoms with Crippen molar-refractivity contribution < 1.29 is 4.74 Å². The normalized spacial score (nSPS) is 18.1. The van der Waals surface area contributed by atoms with Gasteiger partial charge in [-0.05, 0) is 67.2 Å². The summed E-state index contributed by atoms with van der Waals surface area (Å²) in [4.78, 5) is 0. The van der Waals surface area contributed by atoms with E-state index in [1.807, 2.05) is 0 Å². The zero-order valence-corrected chi connectivity index (χ0v) is 15.3. The van der Waals surface area contributed by atoms with E-state index in [0.29, 0.717) is 0 Å². The van der Waals surface area contributed by atoms with Gasteiger partial charge in [0, 0.05) is 0 Å². The van der Waals surface area contributed by atoms with Crippen LogP contribution >= 0.6 is 0 Å². The molecule has 0 aliphatic heterocycles. The van der Waals surface area contributed by atoms with Gasteiger partial charge in [-0.25, -0.2) is 0 Å². The molecule has 0 N–H and O–H groups in total. The summed E-state index contributed by atoms with van der Waals surface area (Å²) in [6, 6.07) is 8.68. The maximum absolute atomic E-state index is 5.67. The fourth-order valence-electron chi connectivity index (χ4n) is 3.57. The van der Waals surface area contributed by atoms with Gasteiger partial charge >= 0.3 is 0 Å². The summed E-state index contributed by atoms with van der Waals surface area (Å²) in [5, 5.41) is 0. The highest BCUT2D eigenvalue weighted by Crippen LogP contribution is 2.34. The number of benzene rings is 1. The van der Waals surface area contributed by atoms with Crippen molar-refractivity contribution >= 4 is 5.57 Å². The van der Waals surface area contributed by atoms with Gasteiger partial charge in [-0.2, -0.15) is 0 Å². The summed E-state index contributed by atoms with van der Waals surface area (Å²) in [7, 11) is 0. The summed E-state index contributed by atoms with van der Waals surface area (Å²) in [6.45, 7) is 7.61. The third-order valence-electron chi connectivity index (χ3n) is 5.36. The van der Waals surface area contributed by atoms with Crippen molar-refractivity contribution in [2.75, 3.05) is 6.61 Å². The van der Waals surface area contributed by atoms with Crippen LogP contribution < -0.4 is 4.74 Å². The van der Waals surface area contributed by atoms with E-state index < -0.39 is 0 Å². The van der Waals surface area contributed by atoms with Crippen molar-refractivity contribution in [1.29, 1.82) is 0 Å². The first-order valence-corrected chi connectivity index (χ1v) is 9.69. The van der Waals surface area contributed by atoms with Crippen molar-refractivity contribution in [3.8, 4) is 5.75 Å². The van der Waals surface area contributed by atoms with E-state index in [2.05, 4.69) is 51.1 Å². The summed E-state index contributed by atoms with van der Waals surface area (Å²) in [5.74, 6) is 2.85. The molecule has 0 radical (unpaired) electrons. The highest BCUT2D eigenvalue weighted by Gasteiger charge is 2.16. The van der Waals surface area contributed by atoms with Gasteiger partial charge in [0.2, 0.25) is 0 Å². The Morgan fingerprint density at radius 1 is 1.09 bits per heavy atom. The van der Waals surface area contributed by atoms with Crippen LogP contribution in [-0.2, 0) is 0 Å². The molecule has 1 aliphatic rings. The van der Waals surface area contributed by atoms with Gasteiger partial charge in [0.1, 0.15) is 5.75 Å². The predicted molar refractivity (Wildman–Crippen MR) is 101 cm³/mol. The molecule has 0 fully saturated rings. The highest BCUT2D eigenvalue weighted by molar-refractivity contribution is 5.66. The van der Waals surface area contributed by atoms with Gasteiger partial charge in [-0.15, -0.1) is 0 Å². The lowest BCUT2D eigenvalue weighted by Gasteiger charge is -2.24. The summed E-state index contributed by atoms with van der Waals surface area (Å²) in [6.07, 6.45) is 12.9. The number of ether oxygens (including phenoxy) is 1. The largest absolute Gasteiger partial charge is 0.494 e. The molecule has 0 bridgehead atoms. The van der Waals surface area contributed by atoms with E-state index in [4.69, 9.17) is 4.74 Å². The zero-order valence-electron chi connectivity index (χ0n) is 15.3. The molecular formula is C22H34O. The summed E-state index contributed by atoms with van der Waals surface area (Å²) in [5.41, 5.74) is 2.91. The third kappa shape index (κ3) is 5.71. The molecule has 1 atom stereocenters. The van der Waals surface area contributed by atoms with Crippen LogP contribution in [0.5, 0.6) is 5.75 Å². The van der Waals surface area contributed by atoms with Crippen LogP contribution in [0.3, 0.4) is 0 Å². The van der Waals surface area contributed by atoms with Crippen LogP contribution in [0.4, 0.5) is 0 Å². The summed E-state index contributed by atoms with van der Waals surface area (Å²) >= 11 is 0. The topological polar surface area (TPSA) is 9.23 Å². The van der Waals surface area contributed by atoms with E-state index in [-0.39, 0.29) is 0 Å². The van der Waals surface area contributed by atoms with E-state index in [9.17, 15) is 0 Å². The van der Waals surface area contributed by atoms with Crippen molar-refractivity contribution in [3.63, 3.8) is 0 Å². The minimum absolute atomic E-state index is 0.806. The molecule has 23 heavy (non-hydrogen) atoms. The van der Waals surface area contributed by atoms with Gasteiger partial charge in [0.25, 0.3) is 0 Å². The van der Waals surface area contributed by atoms with Crippen LogP contribution in [-0.4, -0.2) is 6.61 Å². The van der Waals surface area contributed by atoms with Crippen molar-refractivity contribution in [2.24, 2.45) is 11.8 Å². The fourth-order valence-corrected chi connectivity index (χ4v) is 3.57. The van der Waals surface area contributed by atoms with Crippen molar-refractivity contribution in [1.82, 2.24) is 0 Å². The molecule has 1 aliphatic carbocycles.